The van der Waals surface area contributed by atoms with E-state index < -0.39 is 0 Å². The Labute approximate surface area is 152 Å². The molecule has 0 saturated heterocycles. The molecule has 0 fully saturated rings. The Morgan fingerprint density at radius 1 is 1.40 bits per heavy atom. The first-order valence-electron chi connectivity index (χ1n) is 8.42. The number of hydrogen-bond acceptors (Lipinski definition) is 5. The lowest BCUT2D eigenvalue weighted by atomic mass is 9.88. The number of fused-ring (bicyclic) bond motifs is 1. The van der Waals surface area contributed by atoms with E-state index in [4.69, 9.17) is 5.73 Å². The molecule has 1 atom stereocenters. The first kappa shape index (κ1) is 19.5. The third-order valence-electron chi connectivity index (χ3n) is 4.50. The van der Waals surface area contributed by atoms with Gasteiger partial charge in [0.25, 0.3) is 5.56 Å². The monoisotopic (exact) mass is 362 g/mol. The van der Waals surface area contributed by atoms with Crippen LogP contribution in [0, 0.1) is 5.92 Å². The van der Waals surface area contributed by atoms with Gasteiger partial charge in [-0.15, -0.1) is 0 Å². The van der Waals surface area contributed by atoms with Crippen LogP contribution in [-0.2, 0) is 10.5 Å². The van der Waals surface area contributed by atoms with Gasteiger partial charge in [-0.05, 0) is 25.0 Å². The summed E-state index contributed by atoms with van der Waals surface area (Å²) in [6.07, 6.45) is 0.408. The Kier molecular flexibility index (Phi) is 6.61. The maximum Gasteiger partial charge on any atom is 0.258 e. The van der Waals surface area contributed by atoms with Crippen molar-refractivity contribution >= 4 is 28.6 Å². The summed E-state index contributed by atoms with van der Waals surface area (Å²) in [6.45, 7) is 6.46. The fraction of sp³-hybridized carbons (Fsp3) is 0.500. The standard InChI is InChI=1S/C18H26N4O2S/c1-12(2)18(3,11-19)22-16(23)8-9-25-10-15-20-14-7-5-4-6-13(14)17(24)21-15/h4-7,12H,8-11,19H2,1-3H3,(H,22,23)(H,20,21,24). The summed E-state index contributed by atoms with van der Waals surface area (Å²) in [7, 11) is 0. The van der Waals surface area contributed by atoms with Crippen LogP contribution in [0.15, 0.2) is 29.1 Å². The Balaban J connectivity index is 1.85. The number of nitrogens with one attached hydrogen (secondary N) is 2. The van der Waals surface area contributed by atoms with Crippen LogP contribution in [0.1, 0.15) is 33.0 Å². The molecule has 0 saturated carbocycles. The zero-order chi connectivity index (χ0) is 18.4. The second kappa shape index (κ2) is 8.49. The largest absolute Gasteiger partial charge is 0.349 e. The van der Waals surface area contributed by atoms with E-state index in [0.29, 0.717) is 41.2 Å². The van der Waals surface area contributed by atoms with Gasteiger partial charge in [-0.25, -0.2) is 4.98 Å². The quantitative estimate of drug-likeness (QED) is 0.624. The summed E-state index contributed by atoms with van der Waals surface area (Å²) in [5, 5.41) is 3.61. The molecule has 0 aliphatic carbocycles. The molecule has 0 bridgehead atoms. The zero-order valence-electron chi connectivity index (χ0n) is 15.0. The summed E-state index contributed by atoms with van der Waals surface area (Å²) < 4.78 is 0. The van der Waals surface area contributed by atoms with E-state index in [2.05, 4.69) is 15.3 Å². The van der Waals surface area contributed by atoms with Crippen LogP contribution in [0.25, 0.3) is 10.9 Å². The van der Waals surface area contributed by atoms with Gasteiger partial charge in [0.15, 0.2) is 0 Å². The van der Waals surface area contributed by atoms with Crippen LogP contribution in [0.3, 0.4) is 0 Å². The van der Waals surface area contributed by atoms with Crippen molar-refractivity contribution in [2.45, 2.75) is 38.5 Å². The zero-order valence-corrected chi connectivity index (χ0v) is 15.8. The first-order valence-corrected chi connectivity index (χ1v) is 9.58. The lowest BCUT2D eigenvalue weighted by molar-refractivity contribution is -0.122. The van der Waals surface area contributed by atoms with Gasteiger partial charge in [-0.3, -0.25) is 9.59 Å². The molecule has 6 nitrogen and oxygen atoms in total. The molecule has 1 amide bonds. The van der Waals surface area contributed by atoms with Crippen molar-refractivity contribution in [1.29, 1.82) is 0 Å². The number of carbonyl (C=O) groups excluding carboxylic acids is 1. The number of rotatable bonds is 8. The highest BCUT2D eigenvalue weighted by molar-refractivity contribution is 7.98. The molecule has 4 N–H and O–H groups in total. The Hall–Kier alpha value is -1.86. The van der Waals surface area contributed by atoms with E-state index in [0.717, 1.165) is 0 Å². The Morgan fingerprint density at radius 2 is 2.12 bits per heavy atom. The van der Waals surface area contributed by atoms with Crippen molar-refractivity contribution in [3.63, 3.8) is 0 Å². The van der Waals surface area contributed by atoms with Crippen LogP contribution in [0.4, 0.5) is 0 Å². The predicted octanol–water partition coefficient (Wildman–Crippen LogP) is 2.04. The number of nitrogens with zero attached hydrogens (tertiary/aromatic N) is 1. The molecule has 0 spiro atoms. The summed E-state index contributed by atoms with van der Waals surface area (Å²) in [4.78, 5) is 31.4. The number of aromatic amines is 1. The molecule has 0 aliphatic heterocycles. The van der Waals surface area contributed by atoms with Crippen molar-refractivity contribution in [2.75, 3.05) is 12.3 Å². The second-order valence-corrected chi connectivity index (χ2v) is 7.76. The lowest BCUT2D eigenvalue weighted by Gasteiger charge is -2.33. The van der Waals surface area contributed by atoms with Crippen LogP contribution in [0.2, 0.25) is 0 Å². The molecule has 1 unspecified atom stereocenters. The van der Waals surface area contributed by atoms with Gasteiger partial charge in [0, 0.05) is 18.7 Å². The van der Waals surface area contributed by atoms with Gasteiger partial charge in [0.05, 0.1) is 22.2 Å². The second-order valence-electron chi connectivity index (χ2n) is 6.66. The van der Waals surface area contributed by atoms with E-state index in [1.54, 1.807) is 17.8 Å². The van der Waals surface area contributed by atoms with Gasteiger partial charge in [-0.1, -0.05) is 26.0 Å². The smallest absolute Gasteiger partial charge is 0.258 e. The third kappa shape index (κ3) is 5.06. The molecule has 0 radical (unpaired) electrons. The topological polar surface area (TPSA) is 101 Å². The molecule has 7 heteroatoms. The maximum atomic E-state index is 12.1. The summed E-state index contributed by atoms with van der Waals surface area (Å²) in [5.74, 6) is 2.10. The molecule has 2 rings (SSSR count). The highest BCUT2D eigenvalue weighted by atomic mass is 32.2. The number of aromatic nitrogens is 2. The minimum Gasteiger partial charge on any atom is -0.349 e. The molecule has 1 heterocycles. The number of para-hydroxylation sites is 1. The molecular formula is C18H26N4O2S. The average Bonchev–Trinajstić information content (AvgIpc) is 2.58. The molecule has 0 aliphatic rings. The average molecular weight is 362 g/mol. The van der Waals surface area contributed by atoms with E-state index in [9.17, 15) is 9.59 Å². The normalized spacial score (nSPS) is 13.8. The molecule has 2 aromatic rings. The van der Waals surface area contributed by atoms with Gasteiger partial charge in [0.1, 0.15) is 5.82 Å². The maximum absolute atomic E-state index is 12.1. The van der Waals surface area contributed by atoms with Crippen molar-refractivity contribution in [3.05, 3.63) is 40.4 Å². The van der Waals surface area contributed by atoms with Crippen molar-refractivity contribution in [2.24, 2.45) is 11.7 Å². The first-order chi connectivity index (χ1) is 11.9. The van der Waals surface area contributed by atoms with Crippen molar-refractivity contribution in [3.8, 4) is 0 Å². The van der Waals surface area contributed by atoms with Crippen molar-refractivity contribution < 1.29 is 4.79 Å². The van der Waals surface area contributed by atoms with Crippen LogP contribution in [-0.4, -0.2) is 33.7 Å². The van der Waals surface area contributed by atoms with Gasteiger partial charge >= 0.3 is 0 Å². The SMILES string of the molecule is CC(C)C(C)(CN)NC(=O)CCSCc1nc2ccccc2c(=O)[nH]1. The van der Waals surface area contributed by atoms with E-state index in [1.807, 2.05) is 39.0 Å². The van der Waals surface area contributed by atoms with Gasteiger partial charge < -0.3 is 16.0 Å². The van der Waals surface area contributed by atoms with E-state index in [1.165, 1.54) is 0 Å². The number of nitrogens with two attached hydrogens (primary N) is 1. The fourth-order valence-electron chi connectivity index (χ4n) is 2.35. The van der Waals surface area contributed by atoms with Crippen LogP contribution in [0.5, 0.6) is 0 Å². The van der Waals surface area contributed by atoms with E-state index in [-0.39, 0.29) is 22.9 Å². The highest BCUT2D eigenvalue weighted by Crippen LogP contribution is 2.16. The summed E-state index contributed by atoms with van der Waals surface area (Å²) >= 11 is 1.57. The number of hydrogen-bond donors (Lipinski definition) is 3. The van der Waals surface area contributed by atoms with Gasteiger partial charge in [0.2, 0.25) is 5.91 Å². The number of benzene rings is 1. The fourth-order valence-corrected chi connectivity index (χ4v) is 3.15. The Bertz CT molecular complexity index is 790. The molecule has 136 valence electrons. The van der Waals surface area contributed by atoms with E-state index >= 15 is 0 Å². The van der Waals surface area contributed by atoms with Crippen LogP contribution >= 0.6 is 11.8 Å². The summed E-state index contributed by atoms with van der Waals surface area (Å²) in [5.41, 5.74) is 5.96. The number of H-pyrrole nitrogens is 1. The predicted molar refractivity (Wildman–Crippen MR) is 104 cm³/mol. The molecule has 1 aromatic heterocycles. The lowest BCUT2D eigenvalue weighted by Crippen LogP contribution is -2.55. The molecule has 1 aromatic carbocycles. The highest BCUT2D eigenvalue weighted by Gasteiger charge is 2.28. The molecule has 25 heavy (non-hydrogen) atoms. The number of amides is 1. The number of carbonyl (C=O) groups is 1. The van der Waals surface area contributed by atoms with Crippen molar-refractivity contribution in [1.82, 2.24) is 15.3 Å². The summed E-state index contributed by atoms with van der Waals surface area (Å²) in [6, 6.07) is 7.26. The molecular weight excluding hydrogens is 336 g/mol. The third-order valence-corrected chi connectivity index (χ3v) is 5.47. The minimum atomic E-state index is -0.382. The minimum absolute atomic E-state index is 0.00545. The van der Waals surface area contributed by atoms with Gasteiger partial charge in [-0.2, -0.15) is 11.8 Å². The Morgan fingerprint density at radius 3 is 2.80 bits per heavy atom. The van der Waals surface area contributed by atoms with Crippen LogP contribution < -0.4 is 16.6 Å². The number of thioether (sulfide) groups is 1.